The average Bonchev–Trinajstić information content (AvgIpc) is 3.17. The fourth-order valence-electron chi connectivity index (χ4n) is 3.37. The fraction of sp³-hybridized carbons (Fsp3) is 0.846. The Morgan fingerprint density at radius 1 is 1.24 bits per heavy atom. The zero-order chi connectivity index (χ0) is 12.3. The zero-order valence-corrected chi connectivity index (χ0v) is 10.4. The average molecular weight is 236 g/mol. The van der Waals surface area contributed by atoms with Crippen LogP contribution >= 0.6 is 0 Å². The third kappa shape index (κ3) is 1.46. The maximum atomic E-state index is 12.6. The van der Waals surface area contributed by atoms with Gasteiger partial charge in [0.1, 0.15) is 0 Å². The fourth-order valence-corrected chi connectivity index (χ4v) is 3.37. The molecule has 3 aliphatic rings. The van der Waals surface area contributed by atoms with Crippen molar-refractivity contribution in [2.75, 3.05) is 6.54 Å². The van der Waals surface area contributed by atoms with E-state index in [2.05, 4.69) is 0 Å². The summed E-state index contributed by atoms with van der Waals surface area (Å²) in [4.78, 5) is 26.0. The van der Waals surface area contributed by atoms with Gasteiger partial charge in [0, 0.05) is 12.1 Å². The molecule has 4 heteroatoms. The highest BCUT2D eigenvalue weighted by Crippen LogP contribution is 2.63. The van der Waals surface area contributed by atoms with Crippen LogP contribution in [-0.2, 0) is 9.59 Å². The molecule has 3 fully saturated rings. The van der Waals surface area contributed by atoms with Crippen LogP contribution in [0.2, 0.25) is 0 Å². The Kier molecular flexibility index (Phi) is 2.18. The quantitative estimate of drug-likeness (QED) is 0.789. The lowest BCUT2D eigenvalue weighted by Gasteiger charge is -2.30. The molecule has 1 aliphatic heterocycles. The third-order valence-corrected chi connectivity index (χ3v) is 4.88. The molecule has 0 spiro atoms. The molecule has 0 aromatic carbocycles. The van der Waals surface area contributed by atoms with Crippen LogP contribution in [0.3, 0.4) is 0 Å². The summed E-state index contributed by atoms with van der Waals surface area (Å²) in [6, 6.07) is -0.178. The monoisotopic (exact) mass is 236 g/mol. The molecule has 1 heterocycles. The van der Waals surface area contributed by atoms with Gasteiger partial charge in [-0.05, 0) is 45.4 Å². The normalized spacial score (nSPS) is 32.4. The van der Waals surface area contributed by atoms with Gasteiger partial charge in [0.15, 0.2) is 5.78 Å². The van der Waals surface area contributed by atoms with E-state index in [9.17, 15) is 9.59 Å². The van der Waals surface area contributed by atoms with Crippen molar-refractivity contribution in [1.29, 1.82) is 0 Å². The Bertz CT molecular complexity index is 383. The maximum absolute atomic E-state index is 12.6. The first-order chi connectivity index (χ1) is 8.00. The van der Waals surface area contributed by atoms with Crippen LogP contribution in [0.25, 0.3) is 0 Å². The lowest BCUT2D eigenvalue weighted by atomic mass is 9.92. The summed E-state index contributed by atoms with van der Waals surface area (Å²) < 4.78 is 0. The van der Waals surface area contributed by atoms with Gasteiger partial charge in [0.05, 0.1) is 11.5 Å². The van der Waals surface area contributed by atoms with E-state index in [1.165, 1.54) is 0 Å². The molecule has 1 unspecified atom stereocenters. The van der Waals surface area contributed by atoms with Crippen molar-refractivity contribution in [2.24, 2.45) is 11.1 Å². The van der Waals surface area contributed by atoms with Crippen molar-refractivity contribution >= 4 is 11.7 Å². The predicted molar refractivity (Wildman–Crippen MR) is 63.2 cm³/mol. The summed E-state index contributed by atoms with van der Waals surface area (Å²) >= 11 is 0. The molecular weight excluding hydrogens is 216 g/mol. The van der Waals surface area contributed by atoms with E-state index in [0.717, 1.165) is 45.1 Å². The lowest BCUT2D eigenvalue weighted by Crippen LogP contribution is -2.50. The van der Waals surface area contributed by atoms with Crippen LogP contribution in [0.15, 0.2) is 0 Å². The highest BCUT2D eigenvalue weighted by atomic mass is 16.2. The summed E-state index contributed by atoms with van der Waals surface area (Å²) in [7, 11) is 0. The molecule has 0 bridgehead atoms. The minimum absolute atomic E-state index is 0.119. The van der Waals surface area contributed by atoms with E-state index in [-0.39, 0.29) is 28.7 Å². The van der Waals surface area contributed by atoms with E-state index >= 15 is 0 Å². The second kappa shape index (κ2) is 3.31. The number of nitrogens with two attached hydrogens (primary N) is 1. The topological polar surface area (TPSA) is 63.4 Å². The molecule has 0 aromatic heterocycles. The SMILES string of the molecule is CC(=O)C1CCCN1C(=O)C1(C2(N)CC2)CC1. The first-order valence-corrected chi connectivity index (χ1v) is 6.61. The van der Waals surface area contributed by atoms with Crippen LogP contribution in [-0.4, -0.2) is 34.7 Å². The van der Waals surface area contributed by atoms with Gasteiger partial charge < -0.3 is 10.6 Å². The molecule has 0 aromatic rings. The van der Waals surface area contributed by atoms with E-state index < -0.39 is 0 Å². The number of amides is 1. The minimum atomic E-state index is -0.301. The van der Waals surface area contributed by atoms with Gasteiger partial charge in [0.2, 0.25) is 5.91 Å². The largest absolute Gasteiger partial charge is 0.332 e. The first-order valence-electron chi connectivity index (χ1n) is 6.61. The van der Waals surface area contributed by atoms with Gasteiger partial charge in [-0.25, -0.2) is 0 Å². The predicted octanol–water partition coefficient (Wildman–Crippen LogP) is 0.838. The second-order valence-electron chi connectivity index (χ2n) is 6.01. The summed E-state index contributed by atoms with van der Waals surface area (Å²) in [6.45, 7) is 2.33. The number of rotatable bonds is 3. The molecule has 1 amide bonds. The number of carbonyl (C=O) groups is 2. The number of hydrogen-bond donors (Lipinski definition) is 1. The van der Waals surface area contributed by atoms with Gasteiger partial charge in [-0.1, -0.05) is 0 Å². The van der Waals surface area contributed by atoms with Crippen molar-refractivity contribution in [3.63, 3.8) is 0 Å². The van der Waals surface area contributed by atoms with Crippen molar-refractivity contribution in [1.82, 2.24) is 4.90 Å². The van der Waals surface area contributed by atoms with Crippen LogP contribution < -0.4 is 5.73 Å². The Balaban J connectivity index is 1.81. The van der Waals surface area contributed by atoms with Gasteiger partial charge >= 0.3 is 0 Å². The third-order valence-electron chi connectivity index (χ3n) is 4.88. The number of nitrogens with zero attached hydrogens (tertiary/aromatic N) is 1. The van der Waals surface area contributed by atoms with Gasteiger partial charge in [-0.15, -0.1) is 0 Å². The van der Waals surface area contributed by atoms with E-state index in [0.29, 0.717) is 0 Å². The van der Waals surface area contributed by atoms with Gasteiger partial charge in [-0.2, -0.15) is 0 Å². The van der Waals surface area contributed by atoms with Crippen LogP contribution in [0.4, 0.5) is 0 Å². The number of Topliss-reactive ketones (excluding diaryl/α,β-unsaturated/α-hetero) is 1. The van der Waals surface area contributed by atoms with E-state index in [1.807, 2.05) is 4.90 Å². The molecule has 1 atom stereocenters. The Morgan fingerprint density at radius 2 is 1.88 bits per heavy atom. The molecule has 2 aliphatic carbocycles. The number of hydrogen-bond acceptors (Lipinski definition) is 3. The summed E-state index contributed by atoms with van der Waals surface area (Å²) in [5.74, 6) is 0.281. The highest BCUT2D eigenvalue weighted by Gasteiger charge is 2.69. The standard InChI is InChI=1S/C13H20N2O2/c1-9(16)10-3-2-8-15(10)11(17)12(4-5-12)13(14)6-7-13/h10H,2-8,14H2,1H3. The number of likely N-dealkylation sites (tertiary alicyclic amines) is 1. The van der Waals surface area contributed by atoms with Crippen molar-refractivity contribution in [2.45, 2.75) is 57.0 Å². The summed E-state index contributed by atoms with van der Waals surface area (Å²) in [5, 5.41) is 0. The van der Waals surface area contributed by atoms with Crippen molar-refractivity contribution in [3.8, 4) is 0 Å². The van der Waals surface area contributed by atoms with Crippen molar-refractivity contribution < 1.29 is 9.59 Å². The Labute approximate surface area is 102 Å². The minimum Gasteiger partial charge on any atom is -0.332 e. The maximum Gasteiger partial charge on any atom is 0.231 e. The molecule has 2 saturated carbocycles. The molecule has 94 valence electrons. The Hall–Kier alpha value is -0.900. The molecule has 1 saturated heterocycles. The van der Waals surface area contributed by atoms with Crippen LogP contribution in [0.5, 0.6) is 0 Å². The number of carbonyl (C=O) groups excluding carboxylic acids is 2. The molecule has 0 radical (unpaired) electrons. The second-order valence-corrected chi connectivity index (χ2v) is 6.01. The highest BCUT2D eigenvalue weighted by molar-refractivity contribution is 5.93. The first kappa shape index (κ1) is 11.2. The molecular formula is C13H20N2O2. The Morgan fingerprint density at radius 3 is 2.35 bits per heavy atom. The summed E-state index contributed by atoms with van der Waals surface area (Å²) in [5.41, 5.74) is 5.70. The molecule has 4 nitrogen and oxygen atoms in total. The van der Waals surface area contributed by atoms with E-state index in [1.54, 1.807) is 6.92 Å². The molecule has 17 heavy (non-hydrogen) atoms. The van der Waals surface area contributed by atoms with E-state index in [4.69, 9.17) is 5.73 Å². The van der Waals surface area contributed by atoms with Crippen LogP contribution in [0, 0.1) is 5.41 Å². The molecule has 2 N–H and O–H groups in total. The summed E-state index contributed by atoms with van der Waals surface area (Å²) in [6.07, 6.45) is 5.56. The smallest absolute Gasteiger partial charge is 0.231 e. The zero-order valence-electron chi connectivity index (χ0n) is 10.4. The van der Waals surface area contributed by atoms with Gasteiger partial charge in [0.25, 0.3) is 0 Å². The van der Waals surface area contributed by atoms with Crippen molar-refractivity contribution in [3.05, 3.63) is 0 Å². The molecule has 3 rings (SSSR count). The van der Waals surface area contributed by atoms with Crippen LogP contribution in [0.1, 0.15) is 45.4 Å². The lowest BCUT2D eigenvalue weighted by molar-refractivity contribution is -0.142. The van der Waals surface area contributed by atoms with Gasteiger partial charge in [-0.3, -0.25) is 9.59 Å². The number of ketones is 1.